The Kier molecular flexibility index (Phi) is 2.39. The summed E-state index contributed by atoms with van der Waals surface area (Å²) < 4.78 is 1.72. The maximum Gasteiger partial charge on any atom is 0.332 e. The third kappa shape index (κ3) is 1.30. The molecule has 0 saturated carbocycles. The molecule has 0 radical (unpaired) electrons. The van der Waals surface area contributed by atoms with Crippen molar-refractivity contribution in [1.29, 1.82) is 0 Å². The van der Waals surface area contributed by atoms with Crippen LogP contribution in [-0.2, 0) is 14.1 Å². The zero-order chi connectivity index (χ0) is 13.6. The van der Waals surface area contributed by atoms with Crippen LogP contribution in [-0.4, -0.2) is 19.2 Å². The lowest BCUT2D eigenvalue weighted by Crippen LogP contribution is -2.38. The van der Waals surface area contributed by atoms with Crippen LogP contribution in [0.5, 0.6) is 5.75 Å². The molecule has 2 aromatic heterocycles. The van der Waals surface area contributed by atoms with Crippen LogP contribution in [0, 0.1) is 4.91 Å². The molecule has 2 heterocycles. The lowest BCUT2D eigenvalue weighted by atomic mass is 10.2. The molecule has 0 aliphatic heterocycles. The van der Waals surface area contributed by atoms with Crippen molar-refractivity contribution < 1.29 is 5.11 Å². The van der Waals surface area contributed by atoms with E-state index in [1.807, 2.05) is 0 Å². The highest BCUT2D eigenvalue weighted by Crippen LogP contribution is 2.26. The van der Waals surface area contributed by atoms with Crippen molar-refractivity contribution in [3.63, 3.8) is 0 Å². The van der Waals surface area contributed by atoms with Crippen molar-refractivity contribution in [2.24, 2.45) is 19.3 Å². The van der Waals surface area contributed by atoms with Crippen LogP contribution in [0.15, 0.2) is 19.6 Å². The van der Waals surface area contributed by atoms with E-state index >= 15 is 0 Å². The zero-order valence-electron chi connectivity index (χ0n) is 9.42. The van der Waals surface area contributed by atoms with Gasteiger partial charge in [-0.3, -0.25) is 18.7 Å². The van der Waals surface area contributed by atoms with E-state index < -0.39 is 28.2 Å². The van der Waals surface area contributed by atoms with Gasteiger partial charge in [-0.25, -0.2) is 4.79 Å². The van der Waals surface area contributed by atoms with Gasteiger partial charge in [0.2, 0.25) is 5.69 Å². The predicted molar refractivity (Wildman–Crippen MR) is 62.2 cm³/mol. The van der Waals surface area contributed by atoms with Gasteiger partial charge in [0.15, 0.2) is 5.75 Å². The molecule has 0 aromatic carbocycles. The number of aryl methyl sites for hydroxylation is 1. The lowest BCUT2D eigenvalue weighted by molar-refractivity contribution is 0.480. The Balaban J connectivity index is 3.29. The second-order valence-electron chi connectivity index (χ2n) is 3.67. The van der Waals surface area contributed by atoms with Crippen LogP contribution in [0.4, 0.5) is 5.69 Å². The number of nitrogens with one attached hydrogen (secondary N) is 1. The summed E-state index contributed by atoms with van der Waals surface area (Å²) in [5.74, 6) is -0.833. The Morgan fingerprint density at radius 3 is 2.33 bits per heavy atom. The fourth-order valence-corrected chi connectivity index (χ4v) is 1.68. The molecule has 0 bridgehead atoms. The van der Waals surface area contributed by atoms with Crippen LogP contribution >= 0.6 is 0 Å². The summed E-state index contributed by atoms with van der Waals surface area (Å²) >= 11 is 0. The molecule has 0 aliphatic carbocycles. The normalized spacial score (nSPS) is 10.8. The number of rotatable bonds is 1. The van der Waals surface area contributed by atoms with Gasteiger partial charge >= 0.3 is 5.69 Å². The van der Waals surface area contributed by atoms with Crippen molar-refractivity contribution in [2.75, 3.05) is 0 Å². The molecule has 2 N–H and O–H groups in total. The molecule has 0 amide bonds. The number of aromatic amines is 1. The summed E-state index contributed by atoms with van der Waals surface area (Å²) in [5, 5.41) is 11.7. The molecule has 0 aliphatic rings. The van der Waals surface area contributed by atoms with Crippen molar-refractivity contribution in [2.45, 2.75) is 0 Å². The number of pyridine rings is 1. The Morgan fingerprint density at radius 1 is 1.17 bits per heavy atom. The molecule has 9 nitrogen and oxygen atoms in total. The maximum absolute atomic E-state index is 11.8. The van der Waals surface area contributed by atoms with E-state index in [4.69, 9.17) is 0 Å². The third-order valence-corrected chi connectivity index (χ3v) is 2.66. The first-order valence-corrected chi connectivity index (χ1v) is 4.78. The van der Waals surface area contributed by atoms with Crippen LogP contribution in [0.3, 0.4) is 0 Å². The molecule has 18 heavy (non-hydrogen) atoms. The topological polar surface area (TPSA) is 127 Å². The zero-order valence-corrected chi connectivity index (χ0v) is 9.42. The first-order chi connectivity index (χ1) is 8.40. The molecule has 2 aromatic rings. The first-order valence-electron chi connectivity index (χ1n) is 4.78. The minimum absolute atomic E-state index is 0.169. The number of nitroso groups, excluding NO2 is 1. The van der Waals surface area contributed by atoms with Gasteiger partial charge in [-0.1, -0.05) is 0 Å². The highest BCUT2D eigenvalue weighted by Gasteiger charge is 2.19. The summed E-state index contributed by atoms with van der Waals surface area (Å²) in [6.07, 6.45) is 0. The molecule has 0 saturated heterocycles. The van der Waals surface area contributed by atoms with Crippen LogP contribution in [0.2, 0.25) is 0 Å². The van der Waals surface area contributed by atoms with E-state index in [9.17, 15) is 24.4 Å². The predicted octanol–water partition coefficient (Wildman–Crippen LogP) is -0.971. The SMILES string of the molecule is Cn1c(=O)c2c(O)c(N=O)c(=O)[nH]c2n(C)c1=O. The maximum atomic E-state index is 11.8. The van der Waals surface area contributed by atoms with Gasteiger partial charge in [-0.05, 0) is 5.18 Å². The van der Waals surface area contributed by atoms with Gasteiger partial charge in [0, 0.05) is 14.1 Å². The van der Waals surface area contributed by atoms with Crippen molar-refractivity contribution in [3.05, 3.63) is 36.1 Å². The van der Waals surface area contributed by atoms with Crippen molar-refractivity contribution in [1.82, 2.24) is 14.1 Å². The standard InChI is InChI=1S/C9H8N4O5/c1-12-6-3(8(16)13(2)9(12)17)5(14)4(11-18)7(15)10-6/h1-2H3,(H2,10,14,15). The van der Waals surface area contributed by atoms with Crippen molar-refractivity contribution in [3.8, 4) is 5.75 Å². The smallest absolute Gasteiger partial charge is 0.332 e. The van der Waals surface area contributed by atoms with E-state index in [1.54, 1.807) is 0 Å². The fraction of sp³-hybridized carbons (Fsp3) is 0.222. The quantitative estimate of drug-likeness (QED) is 0.631. The lowest BCUT2D eigenvalue weighted by Gasteiger charge is -2.08. The van der Waals surface area contributed by atoms with Gasteiger partial charge in [-0.2, -0.15) is 0 Å². The van der Waals surface area contributed by atoms with Gasteiger partial charge in [0.05, 0.1) is 0 Å². The minimum Gasteiger partial charge on any atom is -0.505 e. The number of aromatic hydroxyl groups is 1. The summed E-state index contributed by atoms with van der Waals surface area (Å²) in [6.45, 7) is 0. The summed E-state index contributed by atoms with van der Waals surface area (Å²) in [7, 11) is 2.52. The first kappa shape index (κ1) is 11.8. The van der Waals surface area contributed by atoms with Crippen LogP contribution in [0.1, 0.15) is 0 Å². The second-order valence-corrected chi connectivity index (χ2v) is 3.67. The second kappa shape index (κ2) is 3.65. The van der Waals surface area contributed by atoms with E-state index in [0.29, 0.717) is 0 Å². The number of fused-ring (bicyclic) bond motifs is 1. The van der Waals surface area contributed by atoms with Crippen LogP contribution in [0.25, 0.3) is 11.0 Å². The van der Waals surface area contributed by atoms with E-state index in [2.05, 4.69) is 10.2 Å². The molecular weight excluding hydrogens is 244 g/mol. The minimum atomic E-state index is -0.974. The van der Waals surface area contributed by atoms with E-state index in [1.165, 1.54) is 14.1 Å². The Labute approximate surface area is 97.9 Å². The molecule has 0 fully saturated rings. The molecule has 94 valence electrons. The Hall–Kier alpha value is -2.71. The summed E-state index contributed by atoms with van der Waals surface area (Å²) in [6, 6.07) is 0. The van der Waals surface area contributed by atoms with Gasteiger partial charge in [-0.15, -0.1) is 4.91 Å². The molecule has 0 spiro atoms. The monoisotopic (exact) mass is 252 g/mol. The highest BCUT2D eigenvalue weighted by molar-refractivity contribution is 5.85. The molecule has 0 atom stereocenters. The van der Waals surface area contributed by atoms with Gasteiger partial charge < -0.3 is 10.1 Å². The summed E-state index contributed by atoms with van der Waals surface area (Å²) in [4.78, 5) is 47.5. The number of hydrogen-bond donors (Lipinski definition) is 2. The van der Waals surface area contributed by atoms with Crippen LogP contribution < -0.4 is 16.8 Å². The Bertz CT molecular complexity index is 841. The van der Waals surface area contributed by atoms with E-state index in [0.717, 1.165) is 9.13 Å². The molecule has 0 unspecified atom stereocenters. The van der Waals surface area contributed by atoms with Gasteiger partial charge in [0.1, 0.15) is 11.0 Å². The average molecular weight is 252 g/mol. The number of aromatic nitrogens is 3. The third-order valence-electron chi connectivity index (χ3n) is 2.66. The van der Waals surface area contributed by atoms with E-state index in [-0.39, 0.29) is 11.0 Å². The largest absolute Gasteiger partial charge is 0.505 e. The molecule has 9 heteroatoms. The number of nitrogens with zero attached hydrogens (tertiary/aromatic N) is 3. The van der Waals surface area contributed by atoms with Crippen molar-refractivity contribution >= 4 is 16.7 Å². The average Bonchev–Trinajstić information content (AvgIpc) is 2.33. The Morgan fingerprint density at radius 2 is 1.78 bits per heavy atom. The summed E-state index contributed by atoms with van der Waals surface area (Å²) in [5.41, 5.74) is -3.43. The number of H-pyrrole nitrogens is 1. The molecule has 2 rings (SSSR count). The van der Waals surface area contributed by atoms with Gasteiger partial charge in [0.25, 0.3) is 11.1 Å². The molecular formula is C9H8N4O5. The fourth-order valence-electron chi connectivity index (χ4n) is 1.68. The highest BCUT2D eigenvalue weighted by atomic mass is 16.3. The number of hydrogen-bond acceptors (Lipinski definition) is 6.